The average Bonchev–Trinajstić information content (AvgIpc) is 2.48. The second-order valence-electron chi connectivity index (χ2n) is 4.69. The van der Waals surface area contributed by atoms with Gasteiger partial charge in [-0.2, -0.15) is 0 Å². The number of hydrogen-bond donors (Lipinski definition) is 3. The van der Waals surface area contributed by atoms with E-state index in [1.165, 1.54) is 0 Å². The molecule has 0 heterocycles. The van der Waals surface area contributed by atoms with Crippen LogP contribution in [0.1, 0.15) is 27.0 Å². The minimum absolute atomic E-state index is 0.114. The van der Waals surface area contributed by atoms with Crippen LogP contribution in [0, 0.1) is 6.92 Å². The quantitative estimate of drug-likeness (QED) is 0.757. The molecule has 21 heavy (non-hydrogen) atoms. The summed E-state index contributed by atoms with van der Waals surface area (Å²) in [6.45, 7) is 2.10. The Morgan fingerprint density at radius 1 is 1.24 bits per heavy atom. The largest absolute Gasteiger partial charge is 0.508 e. The van der Waals surface area contributed by atoms with Crippen molar-refractivity contribution in [2.75, 3.05) is 0 Å². The smallest absolute Gasteiger partial charge is 0.251 e. The van der Waals surface area contributed by atoms with Gasteiger partial charge in [0.2, 0.25) is 0 Å². The molecule has 2 aromatic rings. The minimum Gasteiger partial charge on any atom is -0.508 e. The standard InChI is InChI=1S/C16H16N2O2S/c1-10-13(3-2-4-14(10)19)16(20)18-9-11-5-7-12(8-6-11)15(17)21/h2-8,19H,9H2,1H3,(H2,17,21)(H,18,20). The fourth-order valence-corrected chi connectivity index (χ4v) is 2.07. The van der Waals surface area contributed by atoms with Gasteiger partial charge < -0.3 is 16.2 Å². The van der Waals surface area contributed by atoms with Crippen molar-refractivity contribution < 1.29 is 9.90 Å². The number of benzene rings is 2. The van der Waals surface area contributed by atoms with Crippen molar-refractivity contribution in [3.63, 3.8) is 0 Å². The Morgan fingerprint density at radius 3 is 2.52 bits per heavy atom. The molecule has 2 aromatic carbocycles. The van der Waals surface area contributed by atoms with E-state index in [0.717, 1.165) is 11.1 Å². The first-order valence-electron chi connectivity index (χ1n) is 6.44. The van der Waals surface area contributed by atoms with Crippen LogP contribution in [0.3, 0.4) is 0 Å². The summed E-state index contributed by atoms with van der Waals surface area (Å²) in [6.07, 6.45) is 0. The minimum atomic E-state index is -0.221. The first-order valence-corrected chi connectivity index (χ1v) is 6.85. The normalized spacial score (nSPS) is 10.1. The molecule has 2 rings (SSSR count). The molecule has 0 aliphatic heterocycles. The van der Waals surface area contributed by atoms with Crippen LogP contribution < -0.4 is 11.1 Å². The highest BCUT2D eigenvalue weighted by Crippen LogP contribution is 2.19. The van der Waals surface area contributed by atoms with E-state index in [1.807, 2.05) is 24.3 Å². The second kappa shape index (κ2) is 6.37. The maximum atomic E-state index is 12.1. The van der Waals surface area contributed by atoms with Crippen LogP contribution in [0.4, 0.5) is 0 Å². The highest BCUT2D eigenvalue weighted by atomic mass is 32.1. The van der Waals surface area contributed by atoms with Gasteiger partial charge in [-0.15, -0.1) is 0 Å². The van der Waals surface area contributed by atoms with E-state index in [4.69, 9.17) is 18.0 Å². The molecule has 0 unspecified atom stereocenters. The zero-order valence-corrected chi connectivity index (χ0v) is 12.4. The molecule has 0 radical (unpaired) electrons. The van der Waals surface area contributed by atoms with Crippen LogP contribution >= 0.6 is 12.2 Å². The Balaban J connectivity index is 2.04. The number of rotatable bonds is 4. The summed E-state index contributed by atoms with van der Waals surface area (Å²) in [5.41, 5.74) is 8.31. The fraction of sp³-hybridized carbons (Fsp3) is 0.125. The van der Waals surface area contributed by atoms with Gasteiger partial charge in [-0.25, -0.2) is 0 Å². The summed E-state index contributed by atoms with van der Waals surface area (Å²) < 4.78 is 0. The van der Waals surface area contributed by atoms with Crippen molar-refractivity contribution in [1.82, 2.24) is 5.32 Å². The zero-order chi connectivity index (χ0) is 15.4. The number of nitrogens with one attached hydrogen (secondary N) is 1. The van der Waals surface area contributed by atoms with Gasteiger partial charge in [0.05, 0.1) is 0 Å². The summed E-state index contributed by atoms with van der Waals surface area (Å²) in [5.74, 6) is -0.106. The Morgan fingerprint density at radius 2 is 1.90 bits per heavy atom. The Bertz CT molecular complexity index is 681. The molecule has 0 aliphatic rings. The number of aromatic hydroxyl groups is 1. The molecule has 0 spiro atoms. The maximum absolute atomic E-state index is 12.1. The number of hydrogen-bond acceptors (Lipinski definition) is 3. The van der Waals surface area contributed by atoms with E-state index >= 15 is 0 Å². The van der Waals surface area contributed by atoms with E-state index < -0.39 is 0 Å². The number of phenols is 1. The number of nitrogens with two attached hydrogens (primary N) is 1. The lowest BCUT2D eigenvalue weighted by Gasteiger charge is -2.09. The molecule has 0 aliphatic carbocycles. The fourth-order valence-electron chi connectivity index (χ4n) is 1.93. The van der Waals surface area contributed by atoms with Crippen molar-refractivity contribution in [2.24, 2.45) is 5.73 Å². The number of carbonyl (C=O) groups is 1. The molecule has 5 heteroatoms. The van der Waals surface area contributed by atoms with Crippen LogP contribution in [0.25, 0.3) is 0 Å². The number of phenolic OH excluding ortho intramolecular Hbond substituents is 1. The molecule has 4 nitrogen and oxygen atoms in total. The zero-order valence-electron chi connectivity index (χ0n) is 11.6. The van der Waals surface area contributed by atoms with Gasteiger partial charge in [0.1, 0.15) is 10.7 Å². The maximum Gasteiger partial charge on any atom is 0.251 e. The van der Waals surface area contributed by atoms with Gasteiger partial charge in [0.15, 0.2) is 0 Å². The van der Waals surface area contributed by atoms with Gasteiger partial charge >= 0.3 is 0 Å². The van der Waals surface area contributed by atoms with Gasteiger partial charge in [-0.05, 0) is 24.6 Å². The molecule has 0 bridgehead atoms. The number of thiocarbonyl (C=S) groups is 1. The van der Waals surface area contributed by atoms with Crippen molar-refractivity contribution in [2.45, 2.75) is 13.5 Å². The van der Waals surface area contributed by atoms with Crippen LogP contribution in [-0.2, 0) is 6.54 Å². The van der Waals surface area contributed by atoms with E-state index in [1.54, 1.807) is 25.1 Å². The van der Waals surface area contributed by atoms with Crippen molar-refractivity contribution in [1.29, 1.82) is 0 Å². The molecular formula is C16H16N2O2S. The highest BCUT2D eigenvalue weighted by molar-refractivity contribution is 7.80. The van der Waals surface area contributed by atoms with Crippen LogP contribution in [0.5, 0.6) is 5.75 Å². The van der Waals surface area contributed by atoms with Crippen molar-refractivity contribution >= 4 is 23.1 Å². The monoisotopic (exact) mass is 300 g/mol. The highest BCUT2D eigenvalue weighted by Gasteiger charge is 2.10. The van der Waals surface area contributed by atoms with Crippen LogP contribution in [0.15, 0.2) is 42.5 Å². The summed E-state index contributed by atoms with van der Waals surface area (Å²) in [6, 6.07) is 12.3. The molecule has 1 amide bonds. The van der Waals surface area contributed by atoms with E-state index in [2.05, 4.69) is 5.32 Å². The average molecular weight is 300 g/mol. The first-order chi connectivity index (χ1) is 9.99. The second-order valence-corrected chi connectivity index (χ2v) is 5.13. The molecule has 0 aromatic heterocycles. The van der Waals surface area contributed by atoms with E-state index in [-0.39, 0.29) is 11.7 Å². The summed E-state index contributed by atoms with van der Waals surface area (Å²) in [7, 11) is 0. The molecule has 0 saturated carbocycles. The third kappa shape index (κ3) is 3.58. The van der Waals surface area contributed by atoms with Gasteiger partial charge in [0, 0.05) is 23.2 Å². The van der Waals surface area contributed by atoms with E-state index in [9.17, 15) is 9.90 Å². The van der Waals surface area contributed by atoms with Gasteiger partial charge in [-0.1, -0.05) is 42.5 Å². The number of amides is 1. The predicted molar refractivity (Wildman–Crippen MR) is 86.3 cm³/mol. The number of carbonyl (C=O) groups excluding carboxylic acids is 1. The van der Waals surface area contributed by atoms with Crippen LogP contribution in [-0.4, -0.2) is 16.0 Å². The topological polar surface area (TPSA) is 75.3 Å². The summed E-state index contributed by atoms with van der Waals surface area (Å²) >= 11 is 4.89. The molecular weight excluding hydrogens is 284 g/mol. The summed E-state index contributed by atoms with van der Waals surface area (Å²) in [5, 5.41) is 12.4. The lowest BCUT2D eigenvalue weighted by Crippen LogP contribution is -2.23. The lowest BCUT2D eigenvalue weighted by atomic mass is 10.1. The first kappa shape index (κ1) is 15.0. The molecule has 0 atom stereocenters. The van der Waals surface area contributed by atoms with Gasteiger partial charge in [-0.3, -0.25) is 4.79 Å². The molecule has 0 fully saturated rings. The Labute approximate surface area is 128 Å². The molecule has 108 valence electrons. The van der Waals surface area contributed by atoms with Gasteiger partial charge in [0.25, 0.3) is 5.91 Å². The van der Waals surface area contributed by atoms with Crippen molar-refractivity contribution in [3.05, 3.63) is 64.7 Å². The molecule has 0 saturated heterocycles. The molecule has 4 N–H and O–H groups in total. The van der Waals surface area contributed by atoms with Crippen LogP contribution in [0.2, 0.25) is 0 Å². The SMILES string of the molecule is Cc1c(O)cccc1C(=O)NCc1ccc(C(N)=S)cc1. The Kier molecular flexibility index (Phi) is 4.55. The van der Waals surface area contributed by atoms with Crippen molar-refractivity contribution in [3.8, 4) is 5.75 Å². The predicted octanol–water partition coefficient (Wildman–Crippen LogP) is 2.26. The lowest BCUT2D eigenvalue weighted by molar-refractivity contribution is 0.0950. The summed E-state index contributed by atoms with van der Waals surface area (Å²) in [4.78, 5) is 12.5. The third-order valence-electron chi connectivity index (χ3n) is 3.24. The Hall–Kier alpha value is -2.40. The van der Waals surface area contributed by atoms with E-state index in [0.29, 0.717) is 22.7 Å². The third-order valence-corrected chi connectivity index (χ3v) is 3.48.